The van der Waals surface area contributed by atoms with Crippen molar-refractivity contribution in [2.24, 2.45) is 0 Å². The zero-order chi connectivity index (χ0) is 18.8. The van der Waals surface area contributed by atoms with Gasteiger partial charge in [-0.05, 0) is 42.0 Å². The van der Waals surface area contributed by atoms with E-state index in [0.29, 0.717) is 16.1 Å². The first-order valence-corrected chi connectivity index (χ1v) is 8.26. The molecule has 1 atom stereocenters. The highest BCUT2D eigenvalue weighted by Crippen LogP contribution is 2.39. The SMILES string of the molecule is O=C1C(=O)N(CCO)[C@@H](c2cccc(O)c2)C1=C(O)c1ccc(Cl)cc1. The molecule has 3 N–H and O–H groups in total. The Hall–Kier alpha value is -2.83. The maximum absolute atomic E-state index is 12.6. The predicted molar refractivity (Wildman–Crippen MR) is 95.7 cm³/mol. The summed E-state index contributed by atoms with van der Waals surface area (Å²) >= 11 is 5.85. The Bertz CT molecular complexity index is 891. The number of hydrogen-bond donors (Lipinski definition) is 3. The second-order valence-corrected chi connectivity index (χ2v) is 6.25. The van der Waals surface area contributed by atoms with E-state index in [1.165, 1.54) is 29.2 Å². The second-order valence-electron chi connectivity index (χ2n) is 5.82. The van der Waals surface area contributed by atoms with Crippen molar-refractivity contribution in [3.63, 3.8) is 0 Å². The van der Waals surface area contributed by atoms with Gasteiger partial charge in [-0.3, -0.25) is 9.59 Å². The molecule has 26 heavy (non-hydrogen) atoms. The average molecular weight is 374 g/mol. The zero-order valence-electron chi connectivity index (χ0n) is 13.6. The van der Waals surface area contributed by atoms with Gasteiger partial charge in [0.15, 0.2) is 0 Å². The molecular formula is C19H16ClNO5. The molecule has 1 saturated heterocycles. The minimum absolute atomic E-state index is 0.0384. The number of amides is 1. The number of carbonyl (C=O) groups excluding carboxylic acids is 2. The minimum atomic E-state index is -0.912. The number of hydrogen-bond acceptors (Lipinski definition) is 5. The molecule has 6 nitrogen and oxygen atoms in total. The number of aromatic hydroxyl groups is 1. The summed E-state index contributed by atoms with van der Waals surface area (Å²) < 4.78 is 0. The molecule has 0 unspecified atom stereocenters. The predicted octanol–water partition coefficient (Wildman–Crippen LogP) is 2.46. The molecule has 0 radical (unpaired) electrons. The van der Waals surface area contributed by atoms with Gasteiger partial charge < -0.3 is 20.2 Å². The van der Waals surface area contributed by atoms with E-state index >= 15 is 0 Å². The van der Waals surface area contributed by atoms with E-state index in [2.05, 4.69) is 0 Å². The van der Waals surface area contributed by atoms with Crippen LogP contribution in [0.5, 0.6) is 5.75 Å². The van der Waals surface area contributed by atoms with Crippen molar-refractivity contribution in [1.82, 2.24) is 4.90 Å². The topological polar surface area (TPSA) is 98.1 Å². The first-order chi connectivity index (χ1) is 12.4. The number of phenolic OH excluding ortho intramolecular Hbond substituents is 1. The lowest BCUT2D eigenvalue weighted by Gasteiger charge is -2.24. The lowest BCUT2D eigenvalue weighted by atomic mass is 9.95. The summed E-state index contributed by atoms with van der Waals surface area (Å²) in [5.74, 6) is -2.04. The van der Waals surface area contributed by atoms with Gasteiger partial charge in [-0.1, -0.05) is 23.7 Å². The third-order valence-electron chi connectivity index (χ3n) is 4.18. The summed E-state index contributed by atoms with van der Waals surface area (Å²) in [7, 11) is 0. The van der Waals surface area contributed by atoms with Gasteiger partial charge in [-0.2, -0.15) is 0 Å². The van der Waals surface area contributed by atoms with Crippen molar-refractivity contribution < 1.29 is 24.9 Å². The highest BCUT2D eigenvalue weighted by Gasteiger charge is 2.45. The highest BCUT2D eigenvalue weighted by molar-refractivity contribution is 6.46. The molecule has 0 aliphatic carbocycles. The summed E-state index contributed by atoms with van der Waals surface area (Å²) in [6.45, 7) is -0.425. The molecule has 1 aliphatic heterocycles. The number of phenols is 1. The van der Waals surface area contributed by atoms with Crippen LogP contribution in [0.3, 0.4) is 0 Å². The van der Waals surface area contributed by atoms with Crippen molar-refractivity contribution in [2.75, 3.05) is 13.2 Å². The molecule has 3 rings (SSSR count). The van der Waals surface area contributed by atoms with Gasteiger partial charge in [0.1, 0.15) is 11.5 Å². The molecule has 7 heteroatoms. The van der Waals surface area contributed by atoms with Crippen molar-refractivity contribution in [3.8, 4) is 5.75 Å². The van der Waals surface area contributed by atoms with E-state index in [1.54, 1.807) is 24.3 Å². The molecule has 2 aromatic carbocycles. The minimum Gasteiger partial charge on any atom is -0.508 e. The van der Waals surface area contributed by atoms with Gasteiger partial charge >= 0.3 is 0 Å². The number of halogens is 1. The number of ketones is 1. The average Bonchev–Trinajstić information content (AvgIpc) is 2.87. The summed E-state index contributed by atoms with van der Waals surface area (Å²) in [5, 5.41) is 30.2. The Kier molecular flexibility index (Phi) is 4.97. The fraction of sp³-hybridized carbons (Fsp3) is 0.158. The largest absolute Gasteiger partial charge is 0.508 e. The number of aliphatic hydroxyl groups excluding tert-OH is 2. The maximum Gasteiger partial charge on any atom is 0.295 e. The van der Waals surface area contributed by atoms with E-state index in [-0.39, 0.29) is 30.2 Å². The normalized spacial score (nSPS) is 19.2. The van der Waals surface area contributed by atoms with Gasteiger partial charge in [0.05, 0.1) is 18.2 Å². The third-order valence-corrected chi connectivity index (χ3v) is 4.44. The number of carbonyl (C=O) groups is 2. The van der Waals surface area contributed by atoms with E-state index in [4.69, 9.17) is 11.6 Å². The van der Waals surface area contributed by atoms with Crippen molar-refractivity contribution in [2.45, 2.75) is 6.04 Å². The first kappa shape index (κ1) is 18.0. The quantitative estimate of drug-likeness (QED) is 0.434. The summed E-state index contributed by atoms with van der Waals surface area (Å²) in [6.07, 6.45) is 0. The Morgan fingerprint density at radius 2 is 1.81 bits per heavy atom. The molecule has 0 spiro atoms. The third kappa shape index (κ3) is 3.16. The van der Waals surface area contributed by atoms with Crippen LogP contribution in [0.1, 0.15) is 17.2 Å². The van der Waals surface area contributed by atoms with Gasteiger partial charge in [-0.25, -0.2) is 0 Å². The fourth-order valence-electron chi connectivity index (χ4n) is 3.02. The number of aliphatic hydroxyl groups is 2. The van der Waals surface area contributed by atoms with Gasteiger partial charge in [0, 0.05) is 17.1 Å². The van der Waals surface area contributed by atoms with E-state index < -0.39 is 17.7 Å². The highest BCUT2D eigenvalue weighted by atomic mass is 35.5. The smallest absolute Gasteiger partial charge is 0.295 e. The van der Waals surface area contributed by atoms with Crippen LogP contribution in [0.2, 0.25) is 5.02 Å². The summed E-state index contributed by atoms with van der Waals surface area (Å²) in [6, 6.07) is 11.4. The molecule has 0 saturated carbocycles. The first-order valence-electron chi connectivity index (χ1n) is 7.88. The molecule has 0 aromatic heterocycles. The Balaban J connectivity index is 2.19. The Morgan fingerprint density at radius 3 is 2.42 bits per heavy atom. The van der Waals surface area contributed by atoms with E-state index in [9.17, 15) is 24.9 Å². The van der Waals surface area contributed by atoms with Gasteiger partial charge in [0.2, 0.25) is 0 Å². The lowest BCUT2D eigenvalue weighted by molar-refractivity contribution is -0.140. The van der Waals surface area contributed by atoms with Crippen LogP contribution in [0.25, 0.3) is 5.76 Å². The van der Waals surface area contributed by atoms with Crippen molar-refractivity contribution in [3.05, 3.63) is 70.3 Å². The number of rotatable bonds is 4. The Labute approximate surface area is 154 Å². The maximum atomic E-state index is 12.6. The van der Waals surface area contributed by atoms with Crippen LogP contribution < -0.4 is 0 Å². The molecule has 1 fully saturated rings. The van der Waals surface area contributed by atoms with Crippen molar-refractivity contribution in [1.29, 1.82) is 0 Å². The van der Waals surface area contributed by atoms with Crippen molar-refractivity contribution >= 4 is 29.1 Å². The van der Waals surface area contributed by atoms with Crippen LogP contribution in [-0.4, -0.2) is 45.1 Å². The van der Waals surface area contributed by atoms with Gasteiger partial charge in [-0.15, -0.1) is 0 Å². The fourth-order valence-corrected chi connectivity index (χ4v) is 3.15. The van der Waals surface area contributed by atoms with E-state index in [0.717, 1.165) is 0 Å². The van der Waals surface area contributed by atoms with Crippen LogP contribution >= 0.6 is 11.6 Å². The van der Waals surface area contributed by atoms with Crippen LogP contribution in [0.4, 0.5) is 0 Å². The number of Topliss-reactive ketones (excluding diaryl/α,β-unsaturated/α-hetero) is 1. The number of likely N-dealkylation sites (tertiary alicyclic amines) is 1. The van der Waals surface area contributed by atoms with Gasteiger partial charge in [0.25, 0.3) is 11.7 Å². The molecule has 1 heterocycles. The second kappa shape index (κ2) is 7.19. The molecule has 1 amide bonds. The van der Waals surface area contributed by atoms with E-state index in [1.807, 2.05) is 0 Å². The lowest BCUT2D eigenvalue weighted by Crippen LogP contribution is -2.32. The Morgan fingerprint density at radius 1 is 1.12 bits per heavy atom. The van der Waals surface area contributed by atoms with Crippen LogP contribution in [0, 0.1) is 0 Å². The monoisotopic (exact) mass is 373 g/mol. The molecule has 2 aromatic rings. The molecule has 134 valence electrons. The number of nitrogens with zero attached hydrogens (tertiary/aromatic N) is 1. The number of benzene rings is 2. The zero-order valence-corrected chi connectivity index (χ0v) is 14.3. The van der Waals surface area contributed by atoms with Crippen LogP contribution in [0.15, 0.2) is 54.1 Å². The molecule has 0 bridgehead atoms. The van der Waals surface area contributed by atoms with Crippen LogP contribution in [-0.2, 0) is 9.59 Å². The summed E-state index contributed by atoms with van der Waals surface area (Å²) in [4.78, 5) is 26.1. The standard InChI is InChI=1S/C19H16ClNO5/c20-13-6-4-11(5-7-13)17(24)15-16(12-2-1-3-14(23)10-12)21(8-9-22)19(26)18(15)25/h1-7,10,16,22-24H,8-9H2/t16-/m0/s1. The summed E-state index contributed by atoms with van der Waals surface area (Å²) in [5.41, 5.74) is 0.686. The molecule has 1 aliphatic rings. The number of β-amino-alcohol motifs (C(OH)–C–C–N with tert-alkyl or cyclic N) is 1. The molecular weight excluding hydrogens is 358 g/mol.